The van der Waals surface area contributed by atoms with Gasteiger partial charge in [0.15, 0.2) is 0 Å². The van der Waals surface area contributed by atoms with Gasteiger partial charge in [-0.15, -0.1) is 12.4 Å². The zero-order chi connectivity index (χ0) is 33.8. The van der Waals surface area contributed by atoms with Crippen LogP contribution in [0.4, 0.5) is 0 Å². The van der Waals surface area contributed by atoms with Crippen molar-refractivity contribution in [3.63, 3.8) is 0 Å². The molecule has 0 aliphatic carbocycles. The van der Waals surface area contributed by atoms with Gasteiger partial charge in [-0.3, -0.25) is 9.59 Å². The summed E-state index contributed by atoms with van der Waals surface area (Å²) < 4.78 is 0. The molecule has 0 saturated heterocycles. The molecule has 274 valence electrons. The van der Waals surface area contributed by atoms with Crippen LogP contribution in [0.15, 0.2) is 48.6 Å². The Labute approximate surface area is 298 Å². The second-order valence-corrected chi connectivity index (χ2v) is 13.2. The molecule has 0 aliphatic heterocycles. The second kappa shape index (κ2) is 38.6. The van der Waals surface area contributed by atoms with Crippen molar-refractivity contribution in [3.05, 3.63) is 48.6 Å². The van der Waals surface area contributed by atoms with Crippen LogP contribution in [0.3, 0.4) is 0 Å². The number of carbonyl (C=O) groups excluding carboxylic acids is 2. The first-order valence-corrected chi connectivity index (χ1v) is 19.3. The van der Waals surface area contributed by atoms with Crippen molar-refractivity contribution in [2.24, 2.45) is 0 Å². The van der Waals surface area contributed by atoms with E-state index >= 15 is 0 Å². The van der Waals surface area contributed by atoms with E-state index in [4.69, 9.17) is 0 Å². The molecule has 0 aromatic carbocycles. The summed E-state index contributed by atoms with van der Waals surface area (Å²) in [6.45, 7) is 5.31. The van der Waals surface area contributed by atoms with Crippen LogP contribution in [-0.2, 0) is 9.59 Å². The second-order valence-electron chi connectivity index (χ2n) is 13.2. The zero-order valence-electron chi connectivity index (χ0n) is 31.3. The molecular weight excluding hydrogens is 602 g/mol. The predicted octanol–water partition coefficient (Wildman–Crippen LogP) is 11.5. The van der Waals surface area contributed by atoms with E-state index in [-0.39, 0.29) is 30.4 Å². The van der Waals surface area contributed by atoms with Gasteiger partial charge in [-0.05, 0) is 97.6 Å². The third kappa shape index (κ3) is 38.5. The highest BCUT2D eigenvalue weighted by molar-refractivity contribution is 5.85. The minimum absolute atomic E-state index is 0. The maximum Gasteiger partial charge on any atom is 0.221 e. The smallest absolute Gasteiger partial charge is 0.221 e. The molecule has 0 heterocycles. The van der Waals surface area contributed by atoms with Crippen LogP contribution in [0.5, 0.6) is 0 Å². The van der Waals surface area contributed by atoms with Crippen LogP contribution < -0.4 is 10.6 Å². The number of carbonyl (C=O) groups is 2. The third-order valence-corrected chi connectivity index (χ3v) is 8.24. The normalized spacial score (nSPS) is 12.0. The fourth-order valence-electron chi connectivity index (χ4n) is 5.29. The lowest BCUT2D eigenvalue weighted by Crippen LogP contribution is -2.49. The monoisotopic (exact) mass is 678 g/mol. The number of allylic oxidation sites excluding steroid dienone is 8. The fourth-order valence-corrected chi connectivity index (χ4v) is 5.29. The molecule has 47 heavy (non-hydrogen) atoms. The number of nitrogens with zero attached hydrogens (tertiary/aromatic N) is 1. The zero-order valence-corrected chi connectivity index (χ0v) is 32.1. The number of amides is 2. The quantitative estimate of drug-likeness (QED) is 0.0413. The highest BCUT2D eigenvalue weighted by Crippen LogP contribution is 2.10. The van der Waals surface area contributed by atoms with Crippen molar-refractivity contribution >= 4 is 24.2 Å². The van der Waals surface area contributed by atoms with Crippen LogP contribution >= 0.6 is 12.4 Å². The van der Waals surface area contributed by atoms with E-state index in [0.717, 1.165) is 64.3 Å². The van der Waals surface area contributed by atoms with Gasteiger partial charge in [0.25, 0.3) is 0 Å². The SMILES string of the molecule is CCCCC/C=C\C/C=C\CCCCCCCC(=O)NC(CCN(C)C)NC(=O)CCCCCCC/C=C\C/C=C\CCCCC.Cl. The molecule has 0 fully saturated rings. The van der Waals surface area contributed by atoms with Gasteiger partial charge in [0.05, 0.1) is 0 Å². The minimum atomic E-state index is -0.293. The fraction of sp³-hybridized carbons (Fsp3) is 0.756. The van der Waals surface area contributed by atoms with Crippen molar-refractivity contribution in [2.75, 3.05) is 20.6 Å². The van der Waals surface area contributed by atoms with E-state index in [9.17, 15) is 9.59 Å². The lowest BCUT2D eigenvalue weighted by molar-refractivity contribution is -0.124. The van der Waals surface area contributed by atoms with Crippen LogP contribution in [0.2, 0.25) is 0 Å². The maximum atomic E-state index is 12.6. The summed E-state index contributed by atoms with van der Waals surface area (Å²) in [5, 5.41) is 6.17. The van der Waals surface area contributed by atoms with E-state index in [1.165, 1.54) is 89.9 Å². The van der Waals surface area contributed by atoms with Gasteiger partial charge in [-0.1, -0.05) is 127 Å². The Morgan fingerprint density at radius 2 is 0.851 bits per heavy atom. The average molecular weight is 679 g/mol. The minimum Gasteiger partial charge on any atom is -0.336 e. The number of halogens is 1. The highest BCUT2D eigenvalue weighted by Gasteiger charge is 2.15. The largest absolute Gasteiger partial charge is 0.336 e. The van der Waals surface area contributed by atoms with Gasteiger partial charge < -0.3 is 15.5 Å². The van der Waals surface area contributed by atoms with Crippen molar-refractivity contribution in [1.29, 1.82) is 0 Å². The summed E-state index contributed by atoms with van der Waals surface area (Å²) in [6.07, 6.45) is 45.7. The van der Waals surface area contributed by atoms with Gasteiger partial charge in [0, 0.05) is 19.4 Å². The van der Waals surface area contributed by atoms with Crippen molar-refractivity contribution in [3.8, 4) is 0 Å². The molecule has 2 N–H and O–H groups in total. The molecular formula is C41H76ClN3O2. The summed E-state index contributed by atoms with van der Waals surface area (Å²) in [6, 6.07) is 0. The van der Waals surface area contributed by atoms with E-state index in [0.29, 0.717) is 12.8 Å². The Balaban J connectivity index is 0. The van der Waals surface area contributed by atoms with Crippen molar-refractivity contribution < 1.29 is 9.59 Å². The molecule has 0 bridgehead atoms. The van der Waals surface area contributed by atoms with E-state index in [1.54, 1.807) is 0 Å². The molecule has 0 atom stereocenters. The van der Waals surface area contributed by atoms with Crippen molar-refractivity contribution in [2.45, 2.75) is 181 Å². The Bertz CT molecular complexity index is 747. The summed E-state index contributed by atoms with van der Waals surface area (Å²) in [5.41, 5.74) is 0. The molecule has 0 aromatic rings. The Kier molecular flexibility index (Phi) is 38.8. The molecule has 0 radical (unpaired) electrons. The van der Waals surface area contributed by atoms with Gasteiger partial charge in [0.2, 0.25) is 11.8 Å². The van der Waals surface area contributed by atoms with Gasteiger partial charge in [-0.2, -0.15) is 0 Å². The van der Waals surface area contributed by atoms with E-state index < -0.39 is 0 Å². The number of unbranched alkanes of at least 4 members (excludes halogenated alkanes) is 16. The first kappa shape index (κ1) is 47.3. The van der Waals surface area contributed by atoms with E-state index in [1.807, 2.05) is 14.1 Å². The van der Waals surface area contributed by atoms with Crippen LogP contribution in [0.25, 0.3) is 0 Å². The molecule has 5 nitrogen and oxygen atoms in total. The topological polar surface area (TPSA) is 61.4 Å². The predicted molar refractivity (Wildman–Crippen MR) is 209 cm³/mol. The number of nitrogens with one attached hydrogen (secondary N) is 2. The van der Waals surface area contributed by atoms with Gasteiger partial charge in [-0.25, -0.2) is 0 Å². The lowest BCUT2D eigenvalue weighted by Gasteiger charge is -2.22. The molecule has 0 aliphatic rings. The Hall–Kier alpha value is -1.85. The summed E-state index contributed by atoms with van der Waals surface area (Å²) in [5.74, 6) is 0.0959. The summed E-state index contributed by atoms with van der Waals surface area (Å²) >= 11 is 0. The lowest BCUT2D eigenvalue weighted by atomic mass is 10.1. The van der Waals surface area contributed by atoms with Crippen LogP contribution in [0.1, 0.15) is 174 Å². The summed E-state index contributed by atoms with van der Waals surface area (Å²) in [7, 11) is 4.04. The van der Waals surface area contributed by atoms with Gasteiger partial charge >= 0.3 is 0 Å². The summed E-state index contributed by atoms with van der Waals surface area (Å²) in [4.78, 5) is 27.3. The number of hydrogen-bond donors (Lipinski definition) is 2. The number of hydrogen-bond acceptors (Lipinski definition) is 3. The Morgan fingerprint density at radius 1 is 0.511 bits per heavy atom. The van der Waals surface area contributed by atoms with Crippen molar-refractivity contribution in [1.82, 2.24) is 15.5 Å². The van der Waals surface area contributed by atoms with Gasteiger partial charge in [0.1, 0.15) is 6.17 Å². The molecule has 0 unspecified atom stereocenters. The first-order valence-electron chi connectivity index (χ1n) is 19.3. The molecule has 0 saturated carbocycles. The standard InChI is InChI=1S/C41H75N3O2.ClH/c1-5-7-9-11-13-15-17-19-21-23-25-27-29-31-33-35-40(45)42-39(37-38-44(3)4)43-41(46)36-34-32-30-28-26-24-22-20-18-16-14-12-10-8-6-2;/h13-16,19-22,39H,5-12,17-18,23-38H2,1-4H3,(H,42,45)(H,43,46);1H/b15-13-,16-14-,21-19-,22-20-;. The number of rotatable bonds is 33. The molecule has 6 heteroatoms. The maximum absolute atomic E-state index is 12.6. The molecule has 0 rings (SSSR count). The average Bonchev–Trinajstić information content (AvgIpc) is 3.03. The third-order valence-electron chi connectivity index (χ3n) is 8.24. The molecule has 2 amide bonds. The van der Waals surface area contributed by atoms with Crippen LogP contribution in [0, 0.1) is 0 Å². The molecule has 0 aromatic heterocycles. The Morgan fingerprint density at radius 3 is 1.21 bits per heavy atom. The molecule has 0 spiro atoms. The first-order chi connectivity index (χ1) is 22.5. The van der Waals surface area contributed by atoms with Crippen LogP contribution in [-0.4, -0.2) is 43.5 Å². The highest BCUT2D eigenvalue weighted by atomic mass is 35.5. The van der Waals surface area contributed by atoms with E-state index in [2.05, 4.69) is 78.0 Å².